The number of carbonyl (C=O) groups excluding carboxylic acids is 3. The van der Waals surface area contributed by atoms with Crippen molar-refractivity contribution >= 4 is 27.6 Å². The Balaban J connectivity index is 1.12. The van der Waals surface area contributed by atoms with E-state index in [0.29, 0.717) is 65.9 Å². The lowest BCUT2D eigenvalue weighted by Gasteiger charge is -2.37. The highest BCUT2D eigenvalue weighted by Crippen LogP contribution is 2.43. The number of quaternary nitrogens is 1. The van der Waals surface area contributed by atoms with E-state index in [1.807, 2.05) is 79.7 Å². The quantitative estimate of drug-likeness (QED) is 0.0821. The predicted molar refractivity (Wildman–Crippen MR) is 212 cm³/mol. The Morgan fingerprint density at radius 1 is 0.778 bits per heavy atom. The van der Waals surface area contributed by atoms with Crippen LogP contribution in [0.25, 0.3) is 0 Å². The van der Waals surface area contributed by atoms with Gasteiger partial charge in [-0.3, -0.25) is 19.3 Å². The summed E-state index contributed by atoms with van der Waals surface area (Å²) in [6.07, 6.45) is 3.16. The van der Waals surface area contributed by atoms with Crippen LogP contribution in [0.1, 0.15) is 69.5 Å². The summed E-state index contributed by atoms with van der Waals surface area (Å²) in [4.78, 5) is 43.2. The smallest absolute Gasteiger partial charge is 0.261 e. The maximum absolute atomic E-state index is 14.3. The van der Waals surface area contributed by atoms with Gasteiger partial charge in [0.2, 0.25) is 5.91 Å². The van der Waals surface area contributed by atoms with E-state index in [0.717, 1.165) is 42.6 Å². The summed E-state index contributed by atoms with van der Waals surface area (Å²) in [5, 5.41) is -0.598. The maximum atomic E-state index is 14.3. The molecule has 1 saturated heterocycles. The molecule has 0 aromatic heterocycles. The molecular formula is C44H53N4O5S+. The van der Waals surface area contributed by atoms with Crippen molar-refractivity contribution in [2.24, 2.45) is 11.7 Å². The van der Waals surface area contributed by atoms with Crippen LogP contribution in [0.15, 0.2) is 114 Å². The van der Waals surface area contributed by atoms with Gasteiger partial charge in [-0.2, -0.15) is 0 Å². The highest BCUT2D eigenvalue weighted by Gasteiger charge is 2.49. The number of rotatable bonds is 17. The number of imide groups is 1. The molecule has 0 spiro atoms. The zero-order chi connectivity index (χ0) is 38.5. The minimum Gasteiger partial charge on any atom is -0.369 e. The molecule has 1 fully saturated rings. The first-order chi connectivity index (χ1) is 25.8. The standard InChI is InChI=1S/C44H52N4O5S/c1-33-20-22-37(23-21-33)54(52,53)38(26-31-48(2,3)30-13-12-27-47-41(49)39-18-10-11-19-40(39)42(47)50)25-29-46-28-24-36(32-46)44(43(45)51,34-14-6-4-7-15-34)35-16-8-5-9-17-35/h4-11,14-23,36,38H,12-13,24-32H2,1-3H3,(H-,45,51)/p+1. The number of amides is 3. The zero-order valence-corrected chi connectivity index (χ0v) is 32.5. The van der Waals surface area contributed by atoms with Crippen molar-refractivity contribution in [3.05, 3.63) is 137 Å². The molecule has 2 N–H and O–H groups in total. The molecule has 10 heteroatoms. The largest absolute Gasteiger partial charge is 0.369 e. The van der Waals surface area contributed by atoms with Gasteiger partial charge in [-0.05, 0) is 87.0 Å². The van der Waals surface area contributed by atoms with Crippen LogP contribution in [0.2, 0.25) is 0 Å². The van der Waals surface area contributed by atoms with Crippen LogP contribution in [0, 0.1) is 12.8 Å². The number of nitrogens with two attached hydrogens (primary N) is 1. The minimum atomic E-state index is -3.64. The van der Waals surface area contributed by atoms with Crippen molar-refractivity contribution in [2.45, 2.75) is 54.6 Å². The van der Waals surface area contributed by atoms with E-state index in [1.54, 1.807) is 36.4 Å². The number of unbranched alkanes of at least 4 members (excludes halogenated alkanes) is 1. The topological polar surface area (TPSA) is 118 Å². The third-order valence-electron chi connectivity index (χ3n) is 11.6. The molecule has 54 heavy (non-hydrogen) atoms. The number of hydrogen-bond acceptors (Lipinski definition) is 6. The first kappa shape index (κ1) is 39.1. The second-order valence-electron chi connectivity index (χ2n) is 15.6. The SMILES string of the molecule is Cc1ccc(S(=O)(=O)C(CCN2CCC(C(C(N)=O)(c3ccccc3)c3ccccc3)C2)CC[N+](C)(C)CCCCN2C(=O)c3ccccc3C2=O)cc1. The summed E-state index contributed by atoms with van der Waals surface area (Å²) < 4.78 is 29.1. The van der Waals surface area contributed by atoms with Gasteiger partial charge in [0.05, 0.1) is 48.5 Å². The summed E-state index contributed by atoms with van der Waals surface area (Å²) >= 11 is 0. The van der Waals surface area contributed by atoms with Gasteiger partial charge in [0.1, 0.15) is 5.41 Å². The van der Waals surface area contributed by atoms with Gasteiger partial charge < -0.3 is 15.1 Å². The Morgan fingerprint density at radius 3 is 1.89 bits per heavy atom. The van der Waals surface area contributed by atoms with Crippen molar-refractivity contribution in [1.82, 2.24) is 9.80 Å². The van der Waals surface area contributed by atoms with Crippen molar-refractivity contribution in [3.8, 4) is 0 Å². The number of carbonyl (C=O) groups is 3. The fourth-order valence-electron chi connectivity index (χ4n) is 8.47. The third-order valence-corrected chi connectivity index (χ3v) is 13.9. The summed E-state index contributed by atoms with van der Waals surface area (Å²) in [6.45, 7) is 5.69. The summed E-state index contributed by atoms with van der Waals surface area (Å²) in [6, 6.07) is 33.6. The number of likely N-dealkylation sites (tertiary alicyclic amines) is 1. The lowest BCUT2D eigenvalue weighted by molar-refractivity contribution is -0.890. The first-order valence-electron chi connectivity index (χ1n) is 19.1. The Morgan fingerprint density at radius 2 is 1.33 bits per heavy atom. The van der Waals surface area contributed by atoms with E-state index in [4.69, 9.17) is 5.73 Å². The highest BCUT2D eigenvalue weighted by molar-refractivity contribution is 7.92. The second-order valence-corrected chi connectivity index (χ2v) is 17.9. The molecule has 2 aliphatic heterocycles. The van der Waals surface area contributed by atoms with E-state index in [-0.39, 0.29) is 23.6 Å². The Kier molecular flexibility index (Phi) is 11.9. The van der Waals surface area contributed by atoms with Crippen LogP contribution >= 0.6 is 0 Å². The summed E-state index contributed by atoms with van der Waals surface area (Å²) in [5.74, 6) is -0.935. The molecule has 2 atom stereocenters. The van der Waals surface area contributed by atoms with Gasteiger partial charge >= 0.3 is 0 Å². The fraction of sp³-hybridized carbons (Fsp3) is 0.386. The minimum absolute atomic E-state index is 0.0807. The average Bonchev–Trinajstić information content (AvgIpc) is 3.73. The Bertz CT molecular complexity index is 1980. The zero-order valence-electron chi connectivity index (χ0n) is 31.7. The summed E-state index contributed by atoms with van der Waals surface area (Å²) in [5.41, 5.74) is 9.00. The molecule has 0 bridgehead atoms. The van der Waals surface area contributed by atoms with E-state index in [2.05, 4.69) is 19.0 Å². The lowest BCUT2D eigenvalue weighted by atomic mass is 9.64. The van der Waals surface area contributed by atoms with Gasteiger partial charge in [-0.25, -0.2) is 8.42 Å². The molecule has 9 nitrogen and oxygen atoms in total. The second kappa shape index (κ2) is 16.4. The van der Waals surface area contributed by atoms with Gasteiger partial charge in [0.15, 0.2) is 9.84 Å². The molecule has 0 aliphatic carbocycles. The molecule has 0 saturated carbocycles. The van der Waals surface area contributed by atoms with Gasteiger partial charge in [0.25, 0.3) is 11.8 Å². The van der Waals surface area contributed by atoms with Gasteiger partial charge in [-0.1, -0.05) is 90.5 Å². The number of benzene rings is 4. The predicted octanol–water partition coefficient (Wildman–Crippen LogP) is 5.86. The van der Waals surface area contributed by atoms with Gasteiger partial charge in [0, 0.05) is 19.5 Å². The van der Waals surface area contributed by atoms with Crippen LogP contribution in [-0.4, -0.2) is 99.0 Å². The molecule has 2 heterocycles. The molecule has 3 amide bonds. The highest BCUT2D eigenvalue weighted by atomic mass is 32.2. The van der Waals surface area contributed by atoms with Crippen molar-refractivity contribution in [1.29, 1.82) is 0 Å². The molecule has 2 aliphatic rings. The molecule has 4 aromatic carbocycles. The van der Waals surface area contributed by atoms with E-state index in [1.165, 1.54) is 4.90 Å². The van der Waals surface area contributed by atoms with E-state index >= 15 is 0 Å². The van der Waals surface area contributed by atoms with E-state index in [9.17, 15) is 22.8 Å². The van der Waals surface area contributed by atoms with Crippen LogP contribution in [0.3, 0.4) is 0 Å². The van der Waals surface area contributed by atoms with Crippen LogP contribution in [-0.2, 0) is 20.0 Å². The van der Waals surface area contributed by atoms with Crippen LogP contribution < -0.4 is 5.73 Å². The molecule has 4 aromatic rings. The van der Waals surface area contributed by atoms with Crippen molar-refractivity contribution < 1.29 is 27.3 Å². The van der Waals surface area contributed by atoms with Gasteiger partial charge in [-0.15, -0.1) is 0 Å². The number of sulfone groups is 1. The van der Waals surface area contributed by atoms with E-state index < -0.39 is 20.5 Å². The number of nitrogens with zero attached hydrogens (tertiary/aromatic N) is 3. The lowest BCUT2D eigenvalue weighted by Crippen LogP contribution is -2.49. The number of fused-ring (bicyclic) bond motifs is 1. The molecular weight excluding hydrogens is 697 g/mol. The molecule has 6 rings (SSSR count). The average molecular weight is 750 g/mol. The van der Waals surface area contributed by atoms with Crippen molar-refractivity contribution in [2.75, 3.05) is 53.4 Å². The molecule has 0 radical (unpaired) electrons. The fourth-order valence-corrected chi connectivity index (χ4v) is 10.2. The van der Waals surface area contributed by atoms with Crippen LogP contribution in [0.5, 0.6) is 0 Å². The first-order valence-corrected chi connectivity index (χ1v) is 20.6. The molecule has 284 valence electrons. The number of aryl methyl sites for hydroxylation is 1. The number of primary amides is 1. The number of hydrogen-bond donors (Lipinski definition) is 1. The normalized spacial score (nSPS) is 17.2. The monoisotopic (exact) mass is 749 g/mol. The summed E-state index contributed by atoms with van der Waals surface area (Å²) in [7, 11) is 0.580. The maximum Gasteiger partial charge on any atom is 0.261 e. The third kappa shape index (κ3) is 8.06. The van der Waals surface area contributed by atoms with Crippen molar-refractivity contribution in [3.63, 3.8) is 0 Å². The molecule has 2 unspecified atom stereocenters. The van der Waals surface area contributed by atoms with Crippen LogP contribution in [0.4, 0.5) is 0 Å². The Labute approximate surface area is 320 Å². The Hall–Kier alpha value is -4.64.